The molecule has 1 rings (SSSR count). The van der Waals surface area contributed by atoms with E-state index in [1.165, 1.54) is 23.9 Å². The summed E-state index contributed by atoms with van der Waals surface area (Å²) in [7, 11) is 0. The van der Waals surface area contributed by atoms with Crippen molar-refractivity contribution in [2.24, 2.45) is 5.92 Å². The molecule has 0 saturated carbocycles. The number of halogens is 1. The average molecular weight is 242 g/mol. The van der Waals surface area contributed by atoms with Crippen molar-refractivity contribution in [1.82, 2.24) is 0 Å². The second-order valence-corrected chi connectivity index (χ2v) is 5.43. The monoisotopic (exact) mass is 242 g/mol. The lowest BCUT2D eigenvalue weighted by Crippen LogP contribution is -2.07. The van der Waals surface area contributed by atoms with Crippen LogP contribution in [0.1, 0.15) is 31.1 Å². The predicted molar refractivity (Wildman–Crippen MR) is 63.5 cm³/mol. The van der Waals surface area contributed by atoms with E-state index in [4.69, 9.17) is 5.11 Å². The molecule has 16 heavy (non-hydrogen) atoms. The van der Waals surface area contributed by atoms with Gasteiger partial charge >= 0.3 is 5.97 Å². The molecule has 1 aromatic rings. The zero-order valence-electron chi connectivity index (χ0n) is 9.53. The highest BCUT2D eigenvalue weighted by Crippen LogP contribution is 2.30. The molecule has 1 N–H and O–H groups in total. The molecule has 0 radical (unpaired) electrons. The molecule has 0 aromatic heterocycles. The summed E-state index contributed by atoms with van der Waals surface area (Å²) in [5.74, 6) is -1.16. The minimum atomic E-state index is -1.09. The van der Waals surface area contributed by atoms with Crippen LogP contribution >= 0.6 is 11.8 Å². The maximum absolute atomic E-state index is 12.9. The second-order valence-electron chi connectivity index (χ2n) is 4.01. The quantitative estimate of drug-likeness (QED) is 0.819. The normalized spacial score (nSPS) is 12.8. The molecule has 2 nitrogen and oxygen atoms in total. The third kappa shape index (κ3) is 3.23. The van der Waals surface area contributed by atoms with E-state index >= 15 is 0 Å². The van der Waals surface area contributed by atoms with E-state index in [9.17, 15) is 9.18 Å². The van der Waals surface area contributed by atoms with E-state index in [0.717, 1.165) is 6.07 Å². The third-order valence-corrected chi connectivity index (χ3v) is 3.95. The second kappa shape index (κ2) is 5.34. The number of benzene rings is 1. The van der Waals surface area contributed by atoms with Crippen molar-refractivity contribution < 1.29 is 14.3 Å². The third-order valence-electron chi connectivity index (χ3n) is 2.42. The molecule has 0 aliphatic carbocycles. The molecule has 1 aromatic carbocycles. The van der Waals surface area contributed by atoms with Crippen LogP contribution in [-0.2, 0) is 0 Å². The van der Waals surface area contributed by atoms with Gasteiger partial charge in [0, 0.05) is 10.1 Å². The Balaban J connectivity index is 2.99. The average Bonchev–Trinajstić information content (AvgIpc) is 2.20. The molecule has 0 saturated heterocycles. The topological polar surface area (TPSA) is 37.3 Å². The highest BCUT2D eigenvalue weighted by molar-refractivity contribution is 8.00. The van der Waals surface area contributed by atoms with Crippen molar-refractivity contribution >= 4 is 17.7 Å². The molecule has 0 amide bonds. The van der Waals surface area contributed by atoms with Crippen LogP contribution in [0.25, 0.3) is 0 Å². The van der Waals surface area contributed by atoms with Gasteiger partial charge in [0.05, 0.1) is 5.56 Å². The maximum Gasteiger partial charge on any atom is 0.336 e. The molecule has 0 aliphatic heterocycles. The van der Waals surface area contributed by atoms with Crippen LogP contribution in [0.5, 0.6) is 0 Å². The van der Waals surface area contributed by atoms with Crippen LogP contribution in [0.3, 0.4) is 0 Å². The fourth-order valence-corrected chi connectivity index (χ4v) is 2.20. The van der Waals surface area contributed by atoms with Crippen molar-refractivity contribution in [1.29, 1.82) is 0 Å². The Kier molecular flexibility index (Phi) is 4.35. The van der Waals surface area contributed by atoms with Crippen molar-refractivity contribution in [2.75, 3.05) is 0 Å². The first-order valence-electron chi connectivity index (χ1n) is 5.11. The number of aromatic carboxylic acids is 1. The number of hydrogen-bond acceptors (Lipinski definition) is 2. The molecule has 4 heteroatoms. The number of rotatable bonds is 4. The number of hydrogen-bond donors (Lipinski definition) is 1. The zero-order valence-corrected chi connectivity index (χ0v) is 10.3. The van der Waals surface area contributed by atoms with Crippen molar-refractivity contribution in [3.63, 3.8) is 0 Å². The lowest BCUT2D eigenvalue weighted by atomic mass is 10.2. The van der Waals surface area contributed by atoms with Crippen molar-refractivity contribution in [3.05, 3.63) is 29.6 Å². The summed E-state index contributed by atoms with van der Waals surface area (Å²) in [5, 5.41) is 9.26. The minimum absolute atomic E-state index is 0.0394. The van der Waals surface area contributed by atoms with Gasteiger partial charge in [-0.25, -0.2) is 9.18 Å². The first-order chi connectivity index (χ1) is 7.41. The molecular weight excluding hydrogens is 227 g/mol. The summed E-state index contributed by atoms with van der Waals surface area (Å²) in [5.41, 5.74) is 0.0394. The van der Waals surface area contributed by atoms with Gasteiger partial charge in [-0.3, -0.25) is 0 Å². The standard InChI is InChI=1S/C12H15FO2S/c1-7(2)8(3)16-11-5-4-9(13)6-10(11)12(14)15/h4-8H,1-3H3,(H,14,15). The summed E-state index contributed by atoms with van der Waals surface area (Å²) < 4.78 is 12.9. The van der Waals surface area contributed by atoms with Gasteiger partial charge in [-0.2, -0.15) is 0 Å². The van der Waals surface area contributed by atoms with Crippen LogP contribution in [0, 0.1) is 11.7 Å². The fraction of sp³-hybridized carbons (Fsp3) is 0.417. The lowest BCUT2D eigenvalue weighted by molar-refractivity contribution is 0.0692. The van der Waals surface area contributed by atoms with Crippen LogP contribution < -0.4 is 0 Å². The Morgan fingerprint density at radius 1 is 1.38 bits per heavy atom. The Bertz CT molecular complexity index is 391. The molecule has 0 aliphatic rings. The van der Waals surface area contributed by atoms with Crippen molar-refractivity contribution in [3.8, 4) is 0 Å². The molecule has 0 fully saturated rings. The Labute approximate surface area is 98.9 Å². The van der Waals surface area contributed by atoms with E-state index in [-0.39, 0.29) is 5.56 Å². The predicted octanol–water partition coefficient (Wildman–Crippen LogP) is 3.66. The highest BCUT2D eigenvalue weighted by atomic mass is 32.2. The molecule has 1 unspecified atom stereocenters. The summed E-state index contributed by atoms with van der Waals surface area (Å²) in [6, 6.07) is 3.89. The molecular formula is C12H15FO2S. The van der Waals surface area contributed by atoms with Crippen molar-refractivity contribution in [2.45, 2.75) is 30.9 Å². The summed E-state index contributed by atoms with van der Waals surface area (Å²) in [6.07, 6.45) is 0. The highest BCUT2D eigenvalue weighted by Gasteiger charge is 2.16. The molecule has 0 bridgehead atoms. The van der Waals surface area contributed by atoms with E-state index in [1.54, 1.807) is 0 Å². The molecule has 1 atom stereocenters. The van der Waals surface area contributed by atoms with E-state index in [1.807, 2.05) is 6.92 Å². The summed E-state index contributed by atoms with van der Waals surface area (Å²) in [6.45, 7) is 6.17. The minimum Gasteiger partial charge on any atom is -0.478 e. The van der Waals surface area contributed by atoms with E-state index < -0.39 is 11.8 Å². The van der Waals surface area contributed by atoms with E-state index in [0.29, 0.717) is 16.1 Å². The number of carboxylic acids is 1. The SMILES string of the molecule is CC(C)C(C)Sc1ccc(F)cc1C(=O)O. The summed E-state index contributed by atoms with van der Waals surface area (Å²) in [4.78, 5) is 11.6. The Morgan fingerprint density at radius 3 is 2.50 bits per heavy atom. The van der Waals surface area contributed by atoms with Gasteiger partial charge in [0.25, 0.3) is 0 Å². The lowest BCUT2D eigenvalue weighted by Gasteiger charge is -2.16. The first kappa shape index (κ1) is 13.0. The number of carboxylic acid groups (broad SMARTS) is 1. The number of carbonyl (C=O) groups is 1. The van der Waals surface area contributed by atoms with E-state index in [2.05, 4.69) is 13.8 Å². The first-order valence-corrected chi connectivity index (χ1v) is 5.99. The molecule has 88 valence electrons. The van der Waals surface area contributed by atoms with Gasteiger partial charge in [-0.15, -0.1) is 11.8 Å². The van der Waals surface area contributed by atoms with Gasteiger partial charge in [0.1, 0.15) is 5.82 Å². The van der Waals surface area contributed by atoms with Gasteiger partial charge < -0.3 is 5.11 Å². The summed E-state index contributed by atoms with van der Waals surface area (Å²) >= 11 is 1.47. The van der Waals surface area contributed by atoms with Gasteiger partial charge in [0.2, 0.25) is 0 Å². The van der Waals surface area contributed by atoms with Gasteiger partial charge in [-0.05, 0) is 24.1 Å². The number of thioether (sulfide) groups is 1. The van der Waals surface area contributed by atoms with Gasteiger partial charge in [-0.1, -0.05) is 20.8 Å². The molecule has 0 heterocycles. The Morgan fingerprint density at radius 2 is 2.00 bits per heavy atom. The van der Waals surface area contributed by atoms with Crippen LogP contribution in [0.2, 0.25) is 0 Å². The van der Waals surface area contributed by atoms with Crippen LogP contribution in [0.15, 0.2) is 23.1 Å². The largest absolute Gasteiger partial charge is 0.478 e. The van der Waals surface area contributed by atoms with Crippen LogP contribution in [0.4, 0.5) is 4.39 Å². The smallest absolute Gasteiger partial charge is 0.336 e. The van der Waals surface area contributed by atoms with Gasteiger partial charge in [0.15, 0.2) is 0 Å². The molecule has 0 spiro atoms. The Hall–Kier alpha value is -1.03. The zero-order chi connectivity index (χ0) is 12.3. The fourth-order valence-electron chi connectivity index (χ4n) is 1.11. The van der Waals surface area contributed by atoms with Crippen LogP contribution in [-0.4, -0.2) is 16.3 Å². The maximum atomic E-state index is 12.9.